The van der Waals surface area contributed by atoms with Crippen molar-refractivity contribution in [2.45, 2.75) is 6.92 Å². The number of hydrogen-bond acceptors (Lipinski definition) is 3. The van der Waals surface area contributed by atoms with Crippen LogP contribution in [0.5, 0.6) is 0 Å². The van der Waals surface area contributed by atoms with Gasteiger partial charge < -0.3 is 10.1 Å². The first-order chi connectivity index (χ1) is 5.74. The number of nitrogens with one attached hydrogen (secondary N) is 1. The molecule has 1 amide bonds. The highest BCUT2D eigenvalue weighted by atomic mass is 16.5. The van der Waals surface area contributed by atoms with Gasteiger partial charge in [-0.2, -0.15) is 0 Å². The molecule has 12 heavy (non-hydrogen) atoms. The number of allylic oxidation sites excluding steroid dienone is 1. The molecular formula is C8H10N2O2. The second-order valence-corrected chi connectivity index (χ2v) is 2.23. The maximum atomic E-state index is 10.7. The summed E-state index contributed by atoms with van der Waals surface area (Å²) in [6, 6.07) is 0. The largest absolute Gasteiger partial charge is 0.466 e. The van der Waals surface area contributed by atoms with E-state index in [1.165, 1.54) is 0 Å². The van der Waals surface area contributed by atoms with Crippen LogP contribution in [-0.2, 0) is 9.53 Å². The van der Waals surface area contributed by atoms with Crippen LogP contribution in [0.25, 0.3) is 0 Å². The maximum absolute atomic E-state index is 10.7. The lowest BCUT2D eigenvalue weighted by molar-refractivity contribution is -0.123. The summed E-state index contributed by atoms with van der Waals surface area (Å²) in [5, 5.41) is 2.52. The molecule has 1 rings (SSSR count). The van der Waals surface area contributed by atoms with Crippen molar-refractivity contribution in [3.05, 3.63) is 24.6 Å². The fourth-order valence-electron chi connectivity index (χ4n) is 0.736. The molecule has 0 saturated carbocycles. The molecule has 1 aliphatic rings. The van der Waals surface area contributed by atoms with Crippen LogP contribution in [-0.4, -0.2) is 18.4 Å². The maximum Gasteiger partial charge on any atom is 0.262 e. The third-order valence-corrected chi connectivity index (χ3v) is 1.23. The summed E-state index contributed by atoms with van der Waals surface area (Å²) in [6.07, 6.45) is 3.35. The molecular weight excluding hydrogens is 156 g/mol. The van der Waals surface area contributed by atoms with E-state index in [1.54, 1.807) is 12.3 Å². The molecule has 1 saturated heterocycles. The zero-order chi connectivity index (χ0) is 8.97. The molecule has 0 aromatic heterocycles. The van der Waals surface area contributed by atoms with Crippen molar-refractivity contribution < 1.29 is 9.53 Å². The van der Waals surface area contributed by atoms with Gasteiger partial charge in [-0.1, -0.05) is 12.7 Å². The number of hydrogen-bond donors (Lipinski definition) is 1. The van der Waals surface area contributed by atoms with Gasteiger partial charge in [-0.05, 0) is 6.92 Å². The lowest BCUT2D eigenvalue weighted by atomic mass is 10.4. The van der Waals surface area contributed by atoms with Gasteiger partial charge in [0.05, 0.1) is 5.70 Å². The van der Waals surface area contributed by atoms with Crippen molar-refractivity contribution in [3.8, 4) is 0 Å². The van der Waals surface area contributed by atoms with Crippen LogP contribution in [0, 0.1) is 0 Å². The van der Waals surface area contributed by atoms with Gasteiger partial charge in [-0.15, -0.1) is 0 Å². The van der Waals surface area contributed by atoms with Gasteiger partial charge in [-0.25, -0.2) is 4.99 Å². The predicted molar refractivity (Wildman–Crippen MR) is 45.5 cm³/mol. The Morgan fingerprint density at radius 2 is 2.50 bits per heavy atom. The van der Waals surface area contributed by atoms with E-state index >= 15 is 0 Å². The standard InChI is InChI=1S/C8H10N2O2/c1-3-4-9-8-6(2)10-7(11)5-12-8/h3-4H,2,5H2,1H3,(H,10,11)/b4-3-,9-8+. The molecule has 64 valence electrons. The summed E-state index contributed by atoms with van der Waals surface area (Å²) in [5.74, 6) is 0.173. The minimum atomic E-state index is -0.195. The van der Waals surface area contributed by atoms with E-state index in [9.17, 15) is 4.79 Å². The molecule has 0 aliphatic carbocycles. The number of carbonyl (C=O) groups excluding carboxylic acids is 1. The monoisotopic (exact) mass is 166 g/mol. The van der Waals surface area contributed by atoms with E-state index in [0.717, 1.165) is 0 Å². The Labute approximate surface area is 70.6 Å². The first-order valence-corrected chi connectivity index (χ1v) is 3.55. The van der Waals surface area contributed by atoms with Gasteiger partial charge in [0, 0.05) is 6.20 Å². The zero-order valence-electron chi connectivity index (χ0n) is 6.83. The van der Waals surface area contributed by atoms with Crippen molar-refractivity contribution in [2.24, 2.45) is 4.99 Å². The van der Waals surface area contributed by atoms with Crippen LogP contribution in [0.15, 0.2) is 29.5 Å². The minimum absolute atomic E-state index is 0.00933. The Balaban J connectivity index is 2.68. The van der Waals surface area contributed by atoms with E-state index in [2.05, 4.69) is 16.9 Å². The van der Waals surface area contributed by atoms with Crippen LogP contribution < -0.4 is 5.32 Å². The second kappa shape index (κ2) is 3.71. The van der Waals surface area contributed by atoms with Crippen molar-refractivity contribution in [1.82, 2.24) is 5.32 Å². The first kappa shape index (κ1) is 8.52. The van der Waals surface area contributed by atoms with Crippen molar-refractivity contribution >= 4 is 11.8 Å². The summed E-state index contributed by atoms with van der Waals surface area (Å²) >= 11 is 0. The molecule has 4 nitrogen and oxygen atoms in total. The van der Waals surface area contributed by atoms with Crippen molar-refractivity contribution in [3.63, 3.8) is 0 Å². The number of morpholine rings is 1. The van der Waals surface area contributed by atoms with Gasteiger partial charge in [-0.3, -0.25) is 4.79 Å². The van der Waals surface area contributed by atoms with E-state index in [1.807, 2.05) is 6.92 Å². The van der Waals surface area contributed by atoms with E-state index in [-0.39, 0.29) is 12.5 Å². The highest BCUT2D eigenvalue weighted by molar-refractivity contribution is 6.01. The fourth-order valence-corrected chi connectivity index (χ4v) is 0.736. The van der Waals surface area contributed by atoms with Crippen molar-refractivity contribution in [2.75, 3.05) is 6.61 Å². The number of rotatable bonds is 1. The molecule has 0 unspecified atom stereocenters. The molecule has 0 aromatic rings. The summed E-state index contributed by atoms with van der Waals surface area (Å²) in [6.45, 7) is 5.43. The van der Waals surface area contributed by atoms with Crippen LogP contribution >= 0.6 is 0 Å². The summed E-state index contributed by atoms with van der Waals surface area (Å²) in [5.41, 5.74) is 0.407. The number of amides is 1. The molecule has 1 heterocycles. The van der Waals surface area contributed by atoms with Gasteiger partial charge in [0.2, 0.25) is 5.90 Å². The van der Waals surface area contributed by atoms with E-state index < -0.39 is 0 Å². The quantitative estimate of drug-likeness (QED) is 0.619. The Kier molecular flexibility index (Phi) is 2.63. The third kappa shape index (κ3) is 1.95. The highest BCUT2D eigenvalue weighted by Crippen LogP contribution is 2.00. The normalized spacial score (nSPS) is 21.2. The molecule has 1 fully saturated rings. The molecule has 0 spiro atoms. The minimum Gasteiger partial charge on any atom is -0.466 e. The van der Waals surface area contributed by atoms with Crippen LogP contribution in [0.4, 0.5) is 0 Å². The smallest absolute Gasteiger partial charge is 0.262 e. The third-order valence-electron chi connectivity index (χ3n) is 1.23. The fraction of sp³-hybridized carbons (Fsp3) is 0.250. The summed E-state index contributed by atoms with van der Waals surface area (Å²) in [4.78, 5) is 14.6. The summed E-state index contributed by atoms with van der Waals surface area (Å²) < 4.78 is 4.99. The van der Waals surface area contributed by atoms with Gasteiger partial charge in [0.15, 0.2) is 6.61 Å². The first-order valence-electron chi connectivity index (χ1n) is 3.55. The molecule has 0 radical (unpaired) electrons. The Hall–Kier alpha value is -1.58. The van der Waals surface area contributed by atoms with Crippen LogP contribution in [0.3, 0.4) is 0 Å². The van der Waals surface area contributed by atoms with E-state index in [4.69, 9.17) is 4.74 Å². The topological polar surface area (TPSA) is 50.7 Å². The average molecular weight is 166 g/mol. The number of nitrogens with zero attached hydrogens (tertiary/aromatic N) is 1. The zero-order valence-corrected chi connectivity index (χ0v) is 6.83. The second-order valence-electron chi connectivity index (χ2n) is 2.23. The molecule has 1 N–H and O–H groups in total. The van der Waals surface area contributed by atoms with Crippen LogP contribution in [0.1, 0.15) is 6.92 Å². The molecule has 0 bridgehead atoms. The van der Waals surface area contributed by atoms with Crippen LogP contribution in [0.2, 0.25) is 0 Å². The molecule has 0 aromatic carbocycles. The van der Waals surface area contributed by atoms with Gasteiger partial charge >= 0.3 is 0 Å². The highest BCUT2D eigenvalue weighted by Gasteiger charge is 2.17. The average Bonchev–Trinajstić information content (AvgIpc) is 2.03. The molecule has 4 heteroatoms. The summed E-state index contributed by atoms with van der Waals surface area (Å²) in [7, 11) is 0. The number of carbonyl (C=O) groups is 1. The predicted octanol–water partition coefficient (Wildman–Crippen LogP) is 0.579. The SMILES string of the molecule is C=C1NC(=O)CO/C1=N/C=C\C. The van der Waals surface area contributed by atoms with Gasteiger partial charge in [0.25, 0.3) is 5.91 Å². The lowest BCUT2D eigenvalue weighted by Crippen LogP contribution is -2.37. The molecule has 0 atom stereocenters. The Bertz CT molecular complexity index is 266. The van der Waals surface area contributed by atoms with Gasteiger partial charge in [0.1, 0.15) is 0 Å². The van der Waals surface area contributed by atoms with E-state index in [0.29, 0.717) is 11.6 Å². The Morgan fingerprint density at radius 3 is 3.08 bits per heavy atom. The van der Waals surface area contributed by atoms with Crippen molar-refractivity contribution in [1.29, 1.82) is 0 Å². The lowest BCUT2D eigenvalue weighted by Gasteiger charge is -2.16. The Morgan fingerprint density at radius 1 is 1.75 bits per heavy atom. The number of aliphatic imine (C=N–C) groups is 1. The number of ether oxygens (including phenoxy) is 1. The molecule has 1 aliphatic heterocycles.